The van der Waals surface area contributed by atoms with Gasteiger partial charge in [-0.25, -0.2) is 4.79 Å². The molecule has 88 valence electrons. The zero-order chi connectivity index (χ0) is 11.7. The number of allylic oxidation sites excluding steroid dienone is 1. The van der Waals surface area contributed by atoms with Crippen molar-refractivity contribution in [1.29, 1.82) is 0 Å². The molecule has 0 aliphatic heterocycles. The van der Waals surface area contributed by atoms with Crippen LogP contribution in [0.4, 0.5) is 0 Å². The molecule has 0 aromatic rings. The fourth-order valence-corrected chi connectivity index (χ4v) is 2.38. The van der Waals surface area contributed by atoms with Gasteiger partial charge in [-0.15, -0.1) is 0 Å². The zero-order valence-electron chi connectivity index (χ0n) is 9.61. The van der Waals surface area contributed by atoms with Gasteiger partial charge in [0.15, 0.2) is 6.79 Å². The number of carbonyl (C=O) groups is 1. The van der Waals surface area contributed by atoms with Gasteiger partial charge in [-0.05, 0) is 6.92 Å². The molecule has 5 nitrogen and oxygen atoms in total. The summed E-state index contributed by atoms with van der Waals surface area (Å²) in [5, 5.41) is 0. The maximum absolute atomic E-state index is 10.9. The van der Waals surface area contributed by atoms with E-state index in [9.17, 15) is 4.79 Å². The number of rotatable bonds is 7. The smallest absolute Gasteiger partial charge is 0.436 e. The summed E-state index contributed by atoms with van der Waals surface area (Å²) < 4.78 is 20.4. The van der Waals surface area contributed by atoms with Crippen LogP contribution < -0.4 is 0 Å². The standard InChI is InChI=1S/C9H18O5Si/c1-5-7-9(10)13-8-14-15(6-2,11-3)12-4/h5,7H,6,8H2,1-4H3. The molecule has 0 saturated carbocycles. The quantitative estimate of drug-likeness (QED) is 0.288. The lowest BCUT2D eigenvalue weighted by molar-refractivity contribution is -0.146. The second-order valence-corrected chi connectivity index (χ2v) is 5.85. The Kier molecular flexibility index (Phi) is 7.23. The zero-order valence-corrected chi connectivity index (χ0v) is 10.6. The topological polar surface area (TPSA) is 54.0 Å². The fraction of sp³-hybridized carbons (Fsp3) is 0.667. The summed E-state index contributed by atoms with van der Waals surface area (Å²) in [7, 11) is 0.433. The van der Waals surface area contributed by atoms with Gasteiger partial charge in [0.25, 0.3) is 0 Å². The minimum Gasteiger partial charge on any atom is -0.436 e. The van der Waals surface area contributed by atoms with Crippen molar-refractivity contribution in [1.82, 2.24) is 0 Å². The summed E-state index contributed by atoms with van der Waals surface area (Å²) in [5.41, 5.74) is 0. The van der Waals surface area contributed by atoms with E-state index in [-0.39, 0.29) is 6.79 Å². The number of esters is 1. The van der Waals surface area contributed by atoms with Gasteiger partial charge < -0.3 is 18.0 Å². The molecular weight excluding hydrogens is 216 g/mol. The van der Waals surface area contributed by atoms with Crippen LogP contribution in [0.2, 0.25) is 6.04 Å². The maximum Gasteiger partial charge on any atom is 0.502 e. The molecule has 0 fully saturated rings. The fourth-order valence-electron chi connectivity index (χ4n) is 0.953. The van der Waals surface area contributed by atoms with E-state index in [1.54, 1.807) is 13.0 Å². The number of hydrogen-bond acceptors (Lipinski definition) is 5. The van der Waals surface area contributed by atoms with Gasteiger partial charge in [-0.3, -0.25) is 0 Å². The molecule has 0 saturated heterocycles. The molecule has 0 aliphatic rings. The molecule has 0 N–H and O–H groups in total. The average molecular weight is 234 g/mol. The highest BCUT2D eigenvalue weighted by molar-refractivity contribution is 6.60. The normalized spacial score (nSPS) is 12.0. The third-order valence-corrected chi connectivity index (χ3v) is 4.51. The van der Waals surface area contributed by atoms with Gasteiger partial charge in [0.1, 0.15) is 0 Å². The maximum atomic E-state index is 10.9. The molecule has 0 bridgehead atoms. The molecule has 15 heavy (non-hydrogen) atoms. The highest BCUT2D eigenvalue weighted by Crippen LogP contribution is 2.12. The first-order valence-electron chi connectivity index (χ1n) is 4.67. The Balaban J connectivity index is 3.96. The summed E-state index contributed by atoms with van der Waals surface area (Å²) in [6, 6.07) is 0.626. The lowest BCUT2D eigenvalue weighted by Gasteiger charge is -2.24. The van der Waals surface area contributed by atoms with Gasteiger partial charge in [0.05, 0.1) is 0 Å². The predicted octanol–water partition coefficient (Wildman–Crippen LogP) is 1.33. The summed E-state index contributed by atoms with van der Waals surface area (Å²) in [6.07, 6.45) is 2.91. The molecule has 6 heteroatoms. The van der Waals surface area contributed by atoms with Crippen molar-refractivity contribution in [2.45, 2.75) is 19.9 Å². The molecule has 0 heterocycles. The molecule has 0 spiro atoms. The van der Waals surface area contributed by atoms with E-state index in [2.05, 4.69) is 0 Å². The van der Waals surface area contributed by atoms with Gasteiger partial charge in [-0.2, -0.15) is 0 Å². The van der Waals surface area contributed by atoms with Crippen LogP contribution in [0, 0.1) is 0 Å². The Morgan fingerprint density at radius 1 is 1.33 bits per heavy atom. The predicted molar refractivity (Wildman–Crippen MR) is 57.1 cm³/mol. The molecule has 0 amide bonds. The third-order valence-electron chi connectivity index (χ3n) is 1.84. The average Bonchev–Trinajstić information content (AvgIpc) is 2.25. The highest BCUT2D eigenvalue weighted by Gasteiger charge is 2.37. The van der Waals surface area contributed by atoms with E-state index in [0.29, 0.717) is 6.04 Å². The third kappa shape index (κ3) is 5.08. The van der Waals surface area contributed by atoms with E-state index < -0.39 is 14.8 Å². The van der Waals surface area contributed by atoms with Crippen molar-refractivity contribution in [3.8, 4) is 0 Å². The molecule has 0 rings (SSSR count). The molecule has 0 unspecified atom stereocenters. The Hall–Kier alpha value is -0.693. The largest absolute Gasteiger partial charge is 0.502 e. The van der Waals surface area contributed by atoms with Gasteiger partial charge >= 0.3 is 14.8 Å². The Labute approximate surface area is 91.3 Å². The van der Waals surface area contributed by atoms with Crippen molar-refractivity contribution in [2.24, 2.45) is 0 Å². The van der Waals surface area contributed by atoms with Crippen molar-refractivity contribution >= 4 is 14.8 Å². The minimum atomic E-state index is -2.61. The first kappa shape index (κ1) is 14.3. The molecule has 0 atom stereocenters. The SMILES string of the molecule is CC=CC(=O)OCO[Si](CC)(OC)OC. The van der Waals surface area contributed by atoms with E-state index in [1.165, 1.54) is 20.3 Å². The van der Waals surface area contributed by atoms with Crippen molar-refractivity contribution in [3.05, 3.63) is 12.2 Å². The Bertz CT molecular complexity index is 204. The summed E-state index contributed by atoms with van der Waals surface area (Å²) >= 11 is 0. The van der Waals surface area contributed by atoms with Crippen LogP contribution in [0.15, 0.2) is 12.2 Å². The molecule has 0 aliphatic carbocycles. The monoisotopic (exact) mass is 234 g/mol. The van der Waals surface area contributed by atoms with Gasteiger partial charge in [-0.1, -0.05) is 13.0 Å². The van der Waals surface area contributed by atoms with Crippen LogP contribution in [0.25, 0.3) is 0 Å². The molecule has 0 aromatic heterocycles. The van der Waals surface area contributed by atoms with Crippen LogP contribution in [-0.2, 0) is 22.8 Å². The van der Waals surface area contributed by atoms with E-state index >= 15 is 0 Å². The second-order valence-electron chi connectivity index (χ2n) is 2.67. The van der Waals surface area contributed by atoms with Crippen LogP contribution in [-0.4, -0.2) is 35.8 Å². The molecule has 0 aromatic carbocycles. The van der Waals surface area contributed by atoms with Crippen LogP contribution in [0.3, 0.4) is 0 Å². The number of carbonyl (C=O) groups excluding carboxylic acids is 1. The minimum absolute atomic E-state index is 0.148. The lowest BCUT2D eigenvalue weighted by atomic mass is 10.5. The number of hydrogen-bond donors (Lipinski definition) is 0. The second kappa shape index (κ2) is 7.58. The van der Waals surface area contributed by atoms with Crippen molar-refractivity contribution < 1.29 is 22.8 Å². The Morgan fingerprint density at radius 2 is 1.93 bits per heavy atom. The van der Waals surface area contributed by atoms with Crippen molar-refractivity contribution in [2.75, 3.05) is 21.0 Å². The first-order valence-corrected chi connectivity index (χ1v) is 6.61. The van der Waals surface area contributed by atoms with Gasteiger partial charge in [0.2, 0.25) is 0 Å². The highest BCUT2D eigenvalue weighted by atomic mass is 28.4. The van der Waals surface area contributed by atoms with Crippen LogP contribution in [0.5, 0.6) is 0 Å². The molecular formula is C9H18O5Si. The first-order chi connectivity index (χ1) is 7.14. The lowest BCUT2D eigenvalue weighted by Crippen LogP contribution is -2.43. The van der Waals surface area contributed by atoms with E-state index in [0.717, 1.165) is 0 Å². The summed E-state index contributed by atoms with van der Waals surface area (Å²) in [4.78, 5) is 10.9. The number of ether oxygens (including phenoxy) is 1. The summed E-state index contributed by atoms with van der Waals surface area (Å²) in [5.74, 6) is -0.441. The van der Waals surface area contributed by atoms with Crippen molar-refractivity contribution in [3.63, 3.8) is 0 Å². The van der Waals surface area contributed by atoms with Crippen LogP contribution >= 0.6 is 0 Å². The van der Waals surface area contributed by atoms with E-state index in [4.69, 9.17) is 18.0 Å². The van der Waals surface area contributed by atoms with Gasteiger partial charge in [0, 0.05) is 26.3 Å². The van der Waals surface area contributed by atoms with Crippen LogP contribution in [0.1, 0.15) is 13.8 Å². The Morgan fingerprint density at radius 3 is 2.33 bits per heavy atom. The van der Waals surface area contributed by atoms with E-state index in [1.807, 2.05) is 6.92 Å². The molecule has 0 radical (unpaired) electrons. The summed E-state index contributed by atoms with van der Waals surface area (Å²) in [6.45, 7) is 3.48.